The molecule has 1 unspecified atom stereocenters. The number of para-hydroxylation sites is 1. The molecule has 1 heterocycles. The van der Waals surface area contributed by atoms with Crippen LogP contribution in [0.5, 0.6) is 5.75 Å². The molecule has 1 fully saturated rings. The molecule has 1 atom stereocenters. The van der Waals surface area contributed by atoms with Crippen molar-refractivity contribution in [3.8, 4) is 5.75 Å². The Balaban J connectivity index is 1.74. The number of imide groups is 1. The van der Waals surface area contributed by atoms with Crippen LogP contribution in [-0.2, 0) is 15.1 Å². The monoisotopic (exact) mass is 353 g/mol. The maximum atomic E-state index is 12.8. The molecule has 4 amide bonds. The minimum atomic E-state index is -1.23. The summed E-state index contributed by atoms with van der Waals surface area (Å²) in [7, 11) is 1.55. The van der Waals surface area contributed by atoms with E-state index >= 15 is 0 Å². The van der Waals surface area contributed by atoms with Gasteiger partial charge in [-0.1, -0.05) is 30.3 Å². The van der Waals surface area contributed by atoms with Crippen LogP contribution < -0.4 is 15.4 Å². The first-order valence-corrected chi connectivity index (χ1v) is 8.07. The van der Waals surface area contributed by atoms with E-state index in [4.69, 9.17) is 4.74 Å². The number of benzene rings is 2. The van der Waals surface area contributed by atoms with Crippen molar-refractivity contribution in [3.63, 3.8) is 0 Å². The third-order valence-electron chi connectivity index (χ3n) is 4.30. The molecule has 2 aromatic rings. The van der Waals surface area contributed by atoms with E-state index in [0.29, 0.717) is 17.0 Å². The van der Waals surface area contributed by atoms with Gasteiger partial charge in [0.2, 0.25) is 5.91 Å². The van der Waals surface area contributed by atoms with E-state index in [1.807, 2.05) is 6.07 Å². The highest BCUT2D eigenvalue weighted by Crippen LogP contribution is 2.29. The van der Waals surface area contributed by atoms with E-state index < -0.39 is 23.4 Å². The summed E-state index contributed by atoms with van der Waals surface area (Å²) in [5, 5.41) is 5.33. The molecular formula is C19H19N3O4. The second kappa shape index (κ2) is 6.87. The first-order chi connectivity index (χ1) is 12.4. The molecule has 1 aliphatic rings. The van der Waals surface area contributed by atoms with E-state index in [2.05, 4.69) is 10.6 Å². The molecule has 1 saturated heterocycles. The van der Waals surface area contributed by atoms with Crippen molar-refractivity contribution >= 4 is 23.5 Å². The fourth-order valence-electron chi connectivity index (χ4n) is 2.83. The van der Waals surface area contributed by atoms with Crippen LogP contribution in [0.1, 0.15) is 12.5 Å². The molecule has 7 heteroatoms. The van der Waals surface area contributed by atoms with Crippen LogP contribution in [0.15, 0.2) is 54.6 Å². The predicted molar refractivity (Wildman–Crippen MR) is 95.7 cm³/mol. The minimum absolute atomic E-state index is 0.356. The average Bonchev–Trinajstić information content (AvgIpc) is 2.86. The molecule has 2 aromatic carbocycles. The van der Waals surface area contributed by atoms with Crippen LogP contribution in [0.4, 0.5) is 10.5 Å². The molecule has 7 nitrogen and oxygen atoms in total. The van der Waals surface area contributed by atoms with Gasteiger partial charge in [0.25, 0.3) is 5.91 Å². The van der Waals surface area contributed by atoms with E-state index in [-0.39, 0.29) is 6.54 Å². The van der Waals surface area contributed by atoms with Crippen molar-refractivity contribution in [2.75, 3.05) is 19.0 Å². The number of ether oxygens (including phenoxy) is 1. The standard InChI is InChI=1S/C19H19N3O4/c1-19(13-8-10-15(26-2)11-9-13)17(24)22(18(25)21-19)12-16(23)20-14-6-4-3-5-7-14/h3-11H,12H2,1-2H3,(H,20,23)(H,21,25). The summed E-state index contributed by atoms with van der Waals surface area (Å²) in [5.41, 5.74) is -0.0128. The number of nitrogens with zero attached hydrogens (tertiary/aromatic N) is 1. The van der Waals surface area contributed by atoms with Crippen molar-refractivity contribution < 1.29 is 19.1 Å². The van der Waals surface area contributed by atoms with Crippen LogP contribution >= 0.6 is 0 Å². The highest BCUT2D eigenvalue weighted by molar-refractivity contribution is 6.10. The molecule has 0 bridgehead atoms. The Morgan fingerprint density at radius 1 is 1.12 bits per heavy atom. The molecule has 0 aliphatic carbocycles. The smallest absolute Gasteiger partial charge is 0.325 e. The lowest BCUT2D eigenvalue weighted by atomic mass is 9.92. The van der Waals surface area contributed by atoms with E-state index in [9.17, 15) is 14.4 Å². The van der Waals surface area contributed by atoms with Crippen LogP contribution in [0.2, 0.25) is 0 Å². The van der Waals surface area contributed by atoms with Gasteiger partial charge in [-0.3, -0.25) is 14.5 Å². The van der Waals surface area contributed by atoms with Crippen LogP contribution in [0.25, 0.3) is 0 Å². The minimum Gasteiger partial charge on any atom is -0.497 e. The maximum absolute atomic E-state index is 12.8. The molecule has 0 radical (unpaired) electrons. The van der Waals surface area contributed by atoms with E-state index in [0.717, 1.165) is 4.90 Å². The highest BCUT2D eigenvalue weighted by atomic mass is 16.5. The molecule has 0 saturated carbocycles. The number of anilines is 1. The summed E-state index contributed by atoms with van der Waals surface area (Å²) >= 11 is 0. The number of hydrogen-bond acceptors (Lipinski definition) is 4. The quantitative estimate of drug-likeness (QED) is 0.806. The Bertz CT molecular complexity index is 836. The summed E-state index contributed by atoms with van der Waals surface area (Å²) in [6.45, 7) is 1.26. The van der Waals surface area contributed by atoms with Crippen molar-refractivity contribution in [2.24, 2.45) is 0 Å². The third kappa shape index (κ3) is 3.23. The molecule has 1 aliphatic heterocycles. The second-order valence-corrected chi connectivity index (χ2v) is 6.09. The molecule has 134 valence electrons. The third-order valence-corrected chi connectivity index (χ3v) is 4.30. The van der Waals surface area contributed by atoms with Crippen LogP contribution in [0.3, 0.4) is 0 Å². The largest absolute Gasteiger partial charge is 0.497 e. The zero-order chi connectivity index (χ0) is 18.7. The lowest BCUT2D eigenvalue weighted by Crippen LogP contribution is -2.42. The van der Waals surface area contributed by atoms with Gasteiger partial charge in [-0.2, -0.15) is 0 Å². The van der Waals surface area contributed by atoms with Gasteiger partial charge in [-0.05, 0) is 36.8 Å². The van der Waals surface area contributed by atoms with Gasteiger partial charge in [0.1, 0.15) is 17.8 Å². The van der Waals surface area contributed by atoms with Gasteiger partial charge < -0.3 is 15.4 Å². The number of hydrogen-bond donors (Lipinski definition) is 2. The summed E-state index contributed by atoms with van der Waals surface area (Å²) in [6.07, 6.45) is 0. The SMILES string of the molecule is COc1ccc(C2(C)NC(=O)N(CC(=O)Nc3ccccc3)C2=O)cc1. The second-order valence-electron chi connectivity index (χ2n) is 6.09. The lowest BCUT2D eigenvalue weighted by molar-refractivity contribution is -0.133. The van der Waals surface area contributed by atoms with Crippen LogP contribution in [0, 0.1) is 0 Å². The fourth-order valence-corrected chi connectivity index (χ4v) is 2.83. The maximum Gasteiger partial charge on any atom is 0.325 e. The Morgan fingerprint density at radius 3 is 2.38 bits per heavy atom. The number of carbonyl (C=O) groups is 3. The Labute approximate surface area is 150 Å². The van der Waals surface area contributed by atoms with Gasteiger partial charge in [-0.25, -0.2) is 4.79 Å². The van der Waals surface area contributed by atoms with Crippen molar-refractivity contribution in [2.45, 2.75) is 12.5 Å². The topological polar surface area (TPSA) is 87.7 Å². The van der Waals surface area contributed by atoms with Gasteiger partial charge in [0, 0.05) is 5.69 Å². The van der Waals surface area contributed by atoms with Gasteiger partial charge in [0.05, 0.1) is 7.11 Å². The number of rotatable bonds is 5. The average molecular weight is 353 g/mol. The molecule has 26 heavy (non-hydrogen) atoms. The molecule has 3 rings (SSSR count). The van der Waals surface area contributed by atoms with Gasteiger partial charge in [0.15, 0.2) is 0 Å². The number of amides is 4. The zero-order valence-corrected chi connectivity index (χ0v) is 14.5. The Kier molecular flexibility index (Phi) is 4.62. The zero-order valence-electron chi connectivity index (χ0n) is 14.5. The molecule has 0 aromatic heterocycles. The number of nitrogens with one attached hydrogen (secondary N) is 2. The summed E-state index contributed by atoms with van der Waals surface area (Å²) in [5.74, 6) is -0.275. The Hall–Kier alpha value is -3.35. The molecular weight excluding hydrogens is 334 g/mol. The predicted octanol–water partition coefficient (Wildman–Crippen LogP) is 2.10. The normalized spacial score (nSPS) is 19.2. The first kappa shape index (κ1) is 17.5. The fraction of sp³-hybridized carbons (Fsp3) is 0.211. The van der Waals surface area contributed by atoms with E-state index in [1.54, 1.807) is 62.6 Å². The van der Waals surface area contributed by atoms with Gasteiger partial charge >= 0.3 is 6.03 Å². The van der Waals surface area contributed by atoms with Crippen LogP contribution in [-0.4, -0.2) is 36.4 Å². The summed E-state index contributed by atoms with van der Waals surface area (Å²) < 4.78 is 5.11. The van der Waals surface area contributed by atoms with Crippen molar-refractivity contribution in [3.05, 3.63) is 60.2 Å². The highest BCUT2D eigenvalue weighted by Gasteiger charge is 2.49. The molecule has 2 N–H and O–H groups in total. The summed E-state index contributed by atoms with van der Waals surface area (Å²) in [4.78, 5) is 38.2. The number of carbonyl (C=O) groups excluding carboxylic acids is 3. The molecule has 0 spiro atoms. The van der Waals surface area contributed by atoms with Gasteiger partial charge in [-0.15, -0.1) is 0 Å². The lowest BCUT2D eigenvalue weighted by Gasteiger charge is -2.22. The Morgan fingerprint density at radius 2 is 1.77 bits per heavy atom. The number of urea groups is 1. The van der Waals surface area contributed by atoms with E-state index in [1.165, 1.54) is 0 Å². The summed E-state index contributed by atoms with van der Waals surface area (Å²) in [6, 6.07) is 15.1. The van der Waals surface area contributed by atoms with Crippen molar-refractivity contribution in [1.29, 1.82) is 0 Å². The van der Waals surface area contributed by atoms with Crippen molar-refractivity contribution in [1.82, 2.24) is 10.2 Å². The number of methoxy groups -OCH3 is 1. The first-order valence-electron chi connectivity index (χ1n) is 8.07.